The lowest BCUT2D eigenvalue weighted by Gasteiger charge is -2.27. The van der Waals surface area contributed by atoms with E-state index in [1.165, 1.54) is 0 Å². The van der Waals surface area contributed by atoms with Gasteiger partial charge in [-0.2, -0.15) is 0 Å². The molecule has 4 atom stereocenters. The number of aromatic carboxylic acids is 2. The Morgan fingerprint density at radius 3 is 1.15 bits per heavy atom. The Labute approximate surface area is 197 Å². The van der Waals surface area contributed by atoms with E-state index < -0.39 is 11.9 Å². The molecule has 0 heterocycles. The van der Waals surface area contributed by atoms with Crippen molar-refractivity contribution >= 4 is 11.9 Å². The van der Waals surface area contributed by atoms with Crippen LogP contribution in [0.15, 0.2) is 60.7 Å². The summed E-state index contributed by atoms with van der Waals surface area (Å²) in [5.74, 6) is -1.06. The van der Waals surface area contributed by atoms with Gasteiger partial charge in [0.25, 0.3) is 0 Å². The molecular formula is C27H40O6. The van der Waals surface area contributed by atoms with Gasteiger partial charge in [0, 0.05) is 0 Å². The van der Waals surface area contributed by atoms with Gasteiger partial charge in [-0.25, -0.2) is 9.59 Å². The van der Waals surface area contributed by atoms with Crippen molar-refractivity contribution in [3.05, 3.63) is 71.8 Å². The van der Waals surface area contributed by atoms with E-state index in [1.54, 1.807) is 60.7 Å². The highest BCUT2D eigenvalue weighted by atomic mass is 16.4. The molecule has 0 amide bonds. The summed E-state index contributed by atoms with van der Waals surface area (Å²) in [5, 5.41) is 36.1. The Kier molecular flexibility index (Phi) is 16.4. The van der Waals surface area contributed by atoms with Crippen LogP contribution in [0, 0.1) is 11.8 Å². The summed E-state index contributed by atoms with van der Waals surface area (Å²) in [6, 6.07) is 16.6. The molecule has 2 aromatic rings. The lowest BCUT2D eigenvalue weighted by Crippen LogP contribution is -2.25. The van der Waals surface area contributed by atoms with Gasteiger partial charge in [0.15, 0.2) is 0 Å². The van der Waals surface area contributed by atoms with Crippen LogP contribution in [0.4, 0.5) is 0 Å². The Balaban J connectivity index is 0.000000489. The first kappa shape index (κ1) is 30.3. The Bertz CT molecular complexity index is 693. The predicted octanol–water partition coefficient (Wildman–Crippen LogP) is 5.74. The summed E-state index contributed by atoms with van der Waals surface area (Å²) in [6.45, 7) is 8.02. The van der Waals surface area contributed by atoms with Crippen molar-refractivity contribution in [2.75, 3.05) is 0 Å². The number of rotatable bonds is 10. The predicted molar refractivity (Wildman–Crippen MR) is 132 cm³/mol. The number of carboxylic acid groups (broad SMARTS) is 2. The van der Waals surface area contributed by atoms with Crippen LogP contribution >= 0.6 is 0 Å². The molecule has 0 saturated carbocycles. The first-order valence-corrected chi connectivity index (χ1v) is 11.6. The van der Waals surface area contributed by atoms with E-state index in [4.69, 9.17) is 10.2 Å². The van der Waals surface area contributed by atoms with E-state index in [-0.39, 0.29) is 12.2 Å². The van der Waals surface area contributed by atoms with E-state index in [0.29, 0.717) is 23.0 Å². The highest BCUT2D eigenvalue weighted by Gasteiger charge is 2.22. The summed E-state index contributed by atoms with van der Waals surface area (Å²) >= 11 is 0. The molecule has 184 valence electrons. The maximum atomic E-state index is 10.2. The molecule has 0 aliphatic rings. The van der Waals surface area contributed by atoms with E-state index in [2.05, 4.69) is 13.8 Å². The highest BCUT2D eigenvalue weighted by Crippen LogP contribution is 2.26. The Hall–Kier alpha value is -2.70. The van der Waals surface area contributed by atoms with Crippen LogP contribution < -0.4 is 0 Å². The van der Waals surface area contributed by atoms with E-state index in [0.717, 1.165) is 32.1 Å². The van der Waals surface area contributed by atoms with Crippen LogP contribution in [0.25, 0.3) is 0 Å². The van der Waals surface area contributed by atoms with Crippen molar-refractivity contribution in [2.45, 2.75) is 72.0 Å². The number of carboxylic acids is 2. The zero-order chi connectivity index (χ0) is 25.2. The Morgan fingerprint density at radius 1 is 0.667 bits per heavy atom. The van der Waals surface area contributed by atoms with Gasteiger partial charge in [-0.05, 0) is 69.2 Å². The zero-order valence-electron chi connectivity index (χ0n) is 20.2. The maximum Gasteiger partial charge on any atom is 0.335 e. The third-order valence-corrected chi connectivity index (χ3v) is 5.33. The van der Waals surface area contributed by atoms with Crippen molar-refractivity contribution in [1.29, 1.82) is 0 Å². The third-order valence-electron chi connectivity index (χ3n) is 5.33. The SMILES string of the molecule is CCCC(CC(CCC)C(C)O)C(C)O.O=C(O)c1ccccc1.O=C(O)c1ccccc1. The molecule has 0 fully saturated rings. The van der Waals surface area contributed by atoms with Crippen molar-refractivity contribution in [2.24, 2.45) is 11.8 Å². The molecule has 2 rings (SSSR count). The topological polar surface area (TPSA) is 115 Å². The third kappa shape index (κ3) is 14.1. The molecule has 0 aliphatic carbocycles. The van der Waals surface area contributed by atoms with Crippen LogP contribution in [0.2, 0.25) is 0 Å². The molecule has 0 bridgehead atoms. The summed E-state index contributed by atoms with van der Waals surface area (Å²) in [6.07, 6.45) is 4.79. The highest BCUT2D eigenvalue weighted by molar-refractivity contribution is 5.87. The van der Waals surface area contributed by atoms with Gasteiger partial charge in [-0.1, -0.05) is 63.1 Å². The summed E-state index contributed by atoms with van der Waals surface area (Å²) in [7, 11) is 0. The second-order valence-electron chi connectivity index (χ2n) is 8.16. The monoisotopic (exact) mass is 460 g/mol. The molecule has 6 nitrogen and oxygen atoms in total. The van der Waals surface area contributed by atoms with Gasteiger partial charge in [0.05, 0.1) is 23.3 Å². The fourth-order valence-electron chi connectivity index (χ4n) is 3.40. The second-order valence-corrected chi connectivity index (χ2v) is 8.16. The quantitative estimate of drug-likeness (QED) is 0.359. The van der Waals surface area contributed by atoms with Gasteiger partial charge >= 0.3 is 11.9 Å². The minimum Gasteiger partial charge on any atom is -0.478 e. The molecule has 0 aliphatic heterocycles. The van der Waals surface area contributed by atoms with Gasteiger partial charge in [0.1, 0.15) is 0 Å². The molecule has 0 spiro atoms. The molecule has 2 aromatic carbocycles. The van der Waals surface area contributed by atoms with Gasteiger partial charge in [0.2, 0.25) is 0 Å². The van der Waals surface area contributed by atoms with Gasteiger partial charge < -0.3 is 20.4 Å². The van der Waals surface area contributed by atoms with Crippen LogP contribution in [-0.4, -0.2) is 44.6 Å². The van der Waals surface area contributed by atoms with Crippen LogP contribution in [-0.2, 0) is 0 Å². The van der Waals surface area contributed by atoms with Gasteiger partial charge in [-0.3, -0.25) is 0 Å². The average molecular weight is 461 g/mol. The van der Waals surface area contributed by atoms with Crippen LogP contribution in [0.5, 0.6) is 0 Å². The van der Waals surface area contributed by atoms with Crippen molar-refractivity contribution in [1.82, 2.24) is 0 Å². The lowest BCUT2D eigenvalue weighted by atomic mass is 9.83. The number of benzene rings is 2. The van der Waals surface area contributed by atoms with Crippen molar-refractivity contribution in [3.8, 4) is 0 Å². The van der Waals surface area contributed by atoms with Crippen LogP contribution in [0.3, 0.4) is 0 Å². The molecule has 33 heavy (non-hydrogen) atoms. The van der Waals surface area contributed by atoms with E-state index in [1.807, 2.05) is 13.8 Å². The minimum atomic E-state index is -0.879. The molecule has 0 radical (unpaired) electrons. The zero-order valence-corrected chi connectivity index (χ0v) is 20.2. The Morgan fingerprint density at radius 2 is 0.970 bits per heavy atom. The standard InChI is InChI=1S/C13H28O2.2C7H6O2/c1-5-7-12(10(3)14)9-13(8-6-2)11(4)15;2*8-7(9)6-4-2-1-3-5-6/h10-15H,5-9H2,1-4H3;2*1-5H,(H,8,9). The first-order chi connectivity index (χ1) is 15.6. The fraction of sp³-hybridized carbons (Fsp3) is 0.481. The van der Waals surface area contributed by atoms with Crippen molar-refractivity contribution < 1.29 is 30.0 Å². The summed E-state index contributed by atoms with van der Waals surface area (Å²) in [4.78, 5) is 20.4. The van der Waals surface area contributed by atoms with E-state index in [9.17, 15) is 19.8 Å². The maximum absolute atomic E-state index is 10.2. The van der Waals surface area contributed by atoms with Crippen molar-refractivity contribution in [3.63, 3.8) is 0 Å². The molecule has 0 aromatic heterocycles. The number of hydrogen-bond donors (Lipinski definition) is 4. The van der Waals surface area contributed by atoms with Crippen LogP contribution in [0.1, 0.15) is 80.5 Å². The average Bonchev–Trinajstić information content (AvgIpc) is 2.80. The van der Waals surface area contributed by atoms with E-state index >= 15 is 0 Å². The molecule has 4 unspecified atom stereocenters. The number of hydrogen-bond acceptors (Lipinski definition) is 4. The van der Waals surface area contributed by atoms with Gasteiger partial charge in [-0.15, -0.1) is 0 Å². The summed E-state index contributed by atoms with van der Waals surface area (Å²) < 4.78 is 0. The smallest absolute Gasteiger partial charge is 0.335 e. The molecular weight excluding hydrogens is 420 g/mol. The molecule has 0 saturated heterocycles. The number of aliphatic hydroxyl groups excluding tert-OH is 2. The molecule has 6 heteroatoms. The fourth-order valence-corrected chi connectivity index (χ4v) is 3.40. The normalized spacial score (nSPS) is 13.8. The largest absolute Gasteiger partial charge is 0.478 e. The minimum absolute atomic E-state index is 0.247. The first-order valence-electron chi connectivity index (χ1n) is 11.6. The molecule has 4 N–H and O–H groups in total. The lowest BCUT2D eigenvalue weighted by molar-refractivity contribution is 0.0595. The summed E-state index contributed by atoms with van der Waals surface area (Å²) in [5.41, 5.74) is 0.662. The number of carbonyl (C=O) groups is 2. The number of aliphatic hydroxyl groups is 2. The second kappa shape index (κ2) is 17.8.